The zero-order valence-electron chi connectivity index (χ0n) is 13.7. The predicted molar refractivity (Wildman–Crippen MR) is 98.1 cm³/mol. The molecule has 6 heteroatoms. The van der Waals surface area contributed by atoms with Crippen LogP contribution in [0.25, 0.3) is 22.2 Å². The van der Waals surface area contributed by atoms with E-state index in [1.807, 2.05) is 42.5 Å². The van der Waals surface area contributed by atoms with Crippen LogP contribution in [0.1, 0.15) is 5.56 Å². The Morgan fingerprint density at radius 1 is 1.00 bits per heavy atom. The van der Waals surface area contributed by atoms with Crippen LogP contribution in [0.4, 0.5) is 10.3 Å². The Balaban J connectivity index is 1.49. The summed E-state index contributed by atoms with van der Waals surface area (Å²) in [7, 11) is 0. The van der Waals surface area contributed by atoms with Crippen LogP contribution in [0, 0.1) is 5.82 Å². The Kier molecular flexibility index (Phi) is 4.15. The van der Waals surface area contributed by atoms with Gasteiger partial charge in [0.25, 0.3) is 0 Å². The maximum Gasteiger partial charge on any atom is 0.249 e. The minimum Gasteiger partial charge on any atom is -0.293 e. The molecule has 0 saturated heterocycles. The Morgan fingerprint density at radius 2 is 1.77 bits per heavy atom. The second-order valence-corrected chi connectivity index (χ2v) is 5.88. The lowest BCUT2D eigenvalue weighted by molar-refractivity contribution is -0.115. The largest absolute Gasteiger partial charge is 0.293 e. The average Bonchev–Trinajstić information content (AvgIpc) is 3.11. The first kappa shape index (κ1) is 16.0. The number of amides is 1. The molecule has 5 nitrogen and oxygen atoms in total. The molecule has 4 aromatic rings. The van der Waals surface area contributed by atoms with Gasteiger partial charge in [0.1, 0.15) is 5.82 Å². The van der Waals surface area contributed by atoms with E-state index in [1.54, 1.807) is 12.1 Å². The number of nitrogens with zero attached hydrogens (tertiary/aromatic N) is 2. The Labute approximate surface area is 148 Å². The molecule has 0 aliphatic carbocycles. The summed E-state index contributed by atoms with van der Waals surface area (Å²) in [5.74, 6) is 0.128. The van der Waals surface area contributed by atoms with Crippen molar-refractivity contribution in [1.82, 2.24) is 15.2 Å². The lowest BCUT2D eigenvalue weighted by Crippen LogP contribution is -2.15. The number of carbonyl (C=O) groups is 1. The lowest BCUT2D eigenvalue weighted by atomic mass is 10.0. The van der Waals surface area contributed by atoms with Gasteiger partial charge in [0.15, 0.2) is 5.82 Å². The molecule has 2 N–H and O–H groups in total. The fourth-order valence-electron chi connectivity index (χ4n) is 2.84. The first-order valence-electron chi connectivity index (χ1n) is 8.14. The fraction of sp³-hybridized carbons (Fsp3) is 0.0500. The fourth-order valence-corrected chi connectivity index (χ4v) is 2.84. The highest BCUT2D eigenvalue weighted by atomic mass is 19.1. The smallest absolute Gasteiger partial charge is 0.249 e. The molecule has 3 aromatic carbocycles. The molecule has 0 fully saturated rings. The molecule has 0 aliphatic heterocycles. The standard InChI is InChI=1S/C20H15FN4O/c21-16-10-8-14(9-11-16)19-23-20(25-24-19)22-18(26)12-15-6-3-5-13-4-1-2-7-17(13)15/h1-11H,12H2,(H2,22,23,24,25,26). The quantitative estimate of drug-likeness (QED) is 0.588. The highest BCUT2D eigenvalue weighted by Gasteiger charge is 2.11. The topological polar surface area (TPSA) is 70.7 Å². The number of anilines is 1. The third-order valence-corrected chi connectivity index (χ3v) is 4.09. The molecule has 128 valence electrons. The molecular weight excluding hydrogens is 331 g/mol. The van der Waals surface area contributed by atoms with E-state index < -0.39 is 0 Å². The number of H-pyrrole nitrogens is 1. The minimum atomic E-state index is -0.322. The molecule has 0 bridgehead atoms. The van der Waals surface area contributed by atoms with Crippen LogP contribution in [-0.2, 0) is 11.2 Å². The second kappa shape index (κ2) is 6.76. The van der Waals surface area contributed by atoms with Crippen molar-refractivity contribution in [3.63, 3.8) is 0 Å². The van der Waals surface area contributed by atoms with Gasteiger partial charge in [-0.05, 0) is 40.6 Å². The van der Waals surface area contributed by atoms with Crippen molar-refractivity contribution in [3.8, 4) is 11.4 Å². The summed E-state index contributed by atoms with van der Waals surface area (Å²) in [6.07, 6.45) is 0.224. The van der Waals surface area contributed by atoms with Gasteiger partial charge in [0.05, 0.1) is 6.42 Å². The first-order valence-corrected chi connectivity index (χ1v) is 8.14. The molecule has 4 rings (SSSR count). The van der Waals surface area contributed by atoms with E-state index in [1.165, 1.54) is 12.1 Å². The molecule has 1 amide bonds. The van der Waals surface area contributed by atoms with Crippen molar-refractivity contribution in [2.75, 3.05) is 5.32 Å². The Hall–Kier alpha value is -3.54. The van der Waals surface area contributed by atoms with Gasteiger partial charge in [-0.1, -0.05) is 42.5 Å². The van der Waals surface area contributed by atoms with E-state index in [9.17, 15) is 9.18 Å². The van der Waals surface area contributed by atoms with Crippen molar-refractivity contribution in [1.29, 1.82) is 0 Å². The van der Waals surface area contributed by atoms with Crippen LogP contribution >= 0.6 is 0 Å². The van der Waals surface area contributed by atoms with E-state index in [4.69, 9.17) is 0 Å². The van der Waals surface area contributed by atoms with E-state index in [0.717, 1.165) is 16.3 Å². The van der Waals surface area contributed by atoms with E-state index in [2.05, 4.69) is 20.5 Å². The van der Waals surface area contributed by atoms with Gasteiger partial charge < -0.3 is 0 Å². The van der Waals surface area contributed by atoms with E-state index in [-0.39, 0.29) is 24.1 Å². The molecule has 26 heavy (non-hydrogen) atoms. The number of fused-ring (bicyclic) bond motifs is 1. The maximum absolute atomic E-state index is 13.0. The van der Waals surface area contributed by atoms with Crippen LogP contribution in [-0.4, -0.2) is 21.1 Å². The molecule has 0 spiro atoms. The van der Waals surface area contributed by atoms with Crippen LogP contribution < -0.4 is 5.32 Å². The summed E-state index contributed by atoms with van der Waals surface area (Å²) < 4.78 is 13.0. The number of hydrogen-bond donors (Lipinski definition) is 2. The second-order valence-electron chi connectivity index (χ2n) is 5.88. The molecular formula is C20H15FN4O. The summed E-state index contributed by atoms with van der Waals surface area (Å²) in [5, 5.41) is 11.6. The van der Waals surface area contributed by atoms with Gasteiger partial charge in [0.2, 0.25) is 11.9 Å². The monoisotopic (exact) mass is 346 g/mol. The number of aromatic nitrogens is 3. The highest BCUT2D eigenvalue weighted by Crippen LogP contribution is 2.20. The summed E-state index contributed by atoms with van der Waals surface area (Å²) in [6, 6.07) is 19.7. The van der Waals surface area contributed by atoms with Crippen molar-refractivity contribution >= 4 is 22.6 Å². The molecule has 1 aromatic heterocycles. The van der Waals surface area contributed by atoms with Crippen molar-refractivity contribution in [3.05, 3.63) is 78.1 Å². The lowest BCUT2D eigenvalue weighted by Gasteiger charge is -2.06. The zero-order chi connectivity index (χ0) is 17.9. The van der Waals surface area contributed by atoms with E-state index >= 15 is 0 Å². The first-order chi connectivity index (χ1) is 12.7. The van der Waals surface area contributed by atoms with Gasteiger partial charge in [0, 0.05) is 5.56 Å². The number of halogens is 1. The molecule has 1 heterocycles. The third kappa shape index (κ3) is 3.30. The molecule has 0 saturated carbocycles. The van der Waals surface area contributed by atoms with Crippen LogP contribution in [0.5, 0.6) is 0 Å². The Bertz CT molecular complexity index is 1070. The van der Waals surface area contributed by atoms with Gasteiger partial charge in [-0.25, -0.2) is 4.39 Å². The zero-order valence-corrected chi connectivity index (χ0v) is 13.7. The van der Waals surface area contributed by atoms with Crippen LogP contribution in [0.2, 0.25) is 0 Å². The summed E-state index contributed by atoms with van der Waals surface area (Å²) >= 11 is 0. The third-order valence-electron chi connectivity index (χ3n) is 4.09. The van der Waals surface area contributed by atoms with Crippen LogP contribution in [0.15, 0.2) is 66.7 Å². The summed E-state index contributed by atoms with van der Waals surface area (Å²) in [4.78, 5) is 16.6. The van der Waals surface area contributed by atoms with Gasteiger partial charge in [-0.2, -0.15) is 4.98 Å². The SMILES string of the molecule is O=C(Cc1cccc2ccccc12)Nc1n[nH]c(-c2ccc(F)cc2)n1. The molecule has 0 aliphatic rings. The number of hydrogen-bond acceptors (Lipinski definition) is 3. The number of carbonyl (C=O) groups excluding carboxylic acids is 1. The van der Waals surface area contributed by atoms with Crippen molar-refractivity contribution < 1.29 is 9.18 Å². The average molecular weight is 346 g/mol. The van der Waals surface area contributed by atoms with Crippen LogP contribution in [0.3, 0.4) is 0 Å². The minimum absolute atomic E-state index is 0.189. The number of rotatable bonds is 4. The normalized spacial score (nSPS) is 10.8. The van der Waals surface area contributed by atoms with Gasteiger partial charge in [-0.3, -0.25) is 15.2 Å². The number of benzene rings is 3. The summed E-state index contributed by atoms with van der Waals surface area (Å²) in [5.41, 5.74) is 1.63. The molecule has 0 unspecified atom stereocenters. The van der Waals surface area contributed by atoms with Crippen molar-refractivity contribution in [2.45, 2.75) is 6.42 Å². The van der Waals surface area contributed by atoms with Crippen molar-refractivity contribution in [2.24, 2.45) is 0 Å². The Morgan fingerprint density at radius 3 is 2.62 bits per heavy atom. The predicted octanol–water partition coefficient (Wildman–Crippen LogP) is 3.95. The van der Waals surface area contributed by atoms with E-state index in [0.29, 0.717) is 11.4 Å². The maximum atomic E-state index is 13.0. The van der Waals surface area contributed by atoms with Gasteiger partial charge in [-0.15, -0.1) is 5.10 Å². The summed E-state index contributed by atoms with van der Waals surface area (Å²) in [6.45, 7) is 0. The molecule has 0 atom stereocenters. The number of nitrogens with one attached hydrogen (secondary N) is 2. The number of aromatic amines is 1. The molecule has 0 radical (unpaired) electrons. The highest BCUT2D eigenvalue weighted by molar-refractivity contribution is 5.95. The van der Waals surface area contributed by atoms with Gasteiger partial charge >= 0.3 is 0 Å².